The molecule has 1 aliphatic rings. The summed E-state index contributed by atoms with van der Waals surface area (Å²) in [4.78, 5) is 1.39. The van der Waals surface area contributed by atoms with Gasteiger partial charge in [-0.3, -0.25) is 0 Å². The van der Waals surface area contributed by atoms with E-state index in [2.05, 4.69) is 49.7 Å². The normalized spacial score (nSPS) is 19.7. The average molecular weight is 348 g/mol. The van der Waals surface area contributed by atoms with Crippen LogP contribution < -0.4 is 5.32 Å². The molecule has 0 bridgehead atoms. The van der Waals surface area contributed by atoms with E-state index in [0.717, 1.165) is 6.04 Å². The van der Waals surface area contributed by atoms with E-state index in [4.69, 9.17) is 0 Å². The minimum absolute atomic E-state index is 0.666. The van der Waals surface area contributed by atoms with E-state index in [-0.39, 0.29) is 0 Å². The average Bonchev–Trinajstić information content (AvgIpc) is 2.98. The molecular weight excluding hydrogens is 310 g/mol. The Morgan fingerprint density at radius 2 is 1.96 bits per heavy atom. The summed E-state index contributed by atoms with van der Waals surface area (Å²) in [6, 6.07) is 9.79. The van der Waals surface area contributed by atoms with Crippen LogP contribution in [0.4, 0.5) is 0 Å². The third kappa shape index (κ3) is 6.11. The summed E-state index contributed by atoms with van der Waals surface area (Å²) >= 11 is 1.84. The van der Waals surface area contributed by atoms with Crippen LogP contribution in [0.2, 0.25) is 0 Å². The Bertz CT molecular complexity index is 465. The molecule has 1 nitrogen and oxygen atoms in total. The van der Waals surface area contributed by atoms with E-state index in [1.807, 2.05) is 11.8 Å². The van der Waals surface area contributed by atoms with Crippen LogP contribution in [0.1, 0.15) is 77.2 Å². The van der Waals surface area contributed by atoms with Crippen LogP contribution in [0, 0.1) is 5.41 Å². The zero-order valence-corrected chi connectivity index (χ0v) is 16.9. The second-order valence-electron chi connectivity index (χ2n) is 7.70. The molecule has 0 heterocycles. The molecule has 0 aliphatic heterocycles. The van der Waals surface area contributed by atoms with Gasteiger partial charge in [-0.05, 0) is 87.3 Å². The summed E-state index contributed by atoms with van der Waals surface area (Å²) in [6.45, 7) is 5.90. The third-order valence-corrected chi connectivity index (χ3v) is 6.45. The molecule has 1 aromatic carbocycles. The van der Waals surface area contributed by atoms with E-state index in [1.54, 1.807) is 0 Å². The summed E-state index contributed by atoms with van der Waals surface area (Å²) in [6.07, 6.45) is 15.8. The Morgan fingerprint density at radius 1 is 1.17 bits per heavy atom. The predicted octanol–water partition coefficient (Wildman–Crippen LogP) is 6.46. The largest absolute Gasteiger partial charge is 0.314 e. The molecule has 1 aliphatic carbocycles. The van der Waals surface area contributed by atoms with Crippen LogP contribution in [0.25, 0.3) is 0 Å². The van der Waals surface area contributed by atoms with Crippen molar-refractivity contribution in [2.24, 2.45) is 5.41 Å². The SMILES string of the molecule is CCCC1(CCC)CCC(NCCCCc2cccc(SC)c2)C1. The molecule has 24 heavy (non-hydrogen) atoms. The van der Waals surface area contributed by atoms with E-state index >= 15 is 0 Å². The first-order valence-corrected chi connectivity index (χ1v) is 11.3. The van der Waals surface area contributed by atoms with Gasteiger partial charge in [0.15, 0.2) is 0 Å². The van der Waals surface area contributed by atoms with Crippen LogP contribution in [0.3, 0.4) is 0 Å². The number of hydrogen-bond donors (Lipinski definition) is 1. The van der Waals surface area contributed by atoms with Crippen molar-refractivity contribution < 1.29 is 0 Å². The zero-order valence-electron chi connectivity index (χ0n) is 16.1. The lowest BCUT2D eigenvalue weighted by Gasteiger charge is -2.29. The molecule has 1 unspecified atom stereocenters. The Kier molecular flexibility index (Phi) is 8.69. The Labute approximate surface area is 154 Å². The molecule has 1 fully saturated rings. The molecule has 1 N–H and O–H groups in total. The van der Waals surface area contributed by atoms with Crippen LogP contribution in [-0.2, 0) is 6.42 Å². The Balaban J connectivity index is 1.64. The smallest absolute Gasteiger partial charge is 0.00725 e. The van der Waals surface area contributed by atoms with Crippen molar-refractivity contribution in [3.63, 3.8) is 0 Å². The van der Waals surface area contributed by atoms with Crippen LogP contribution >= 0.6 is 11.8 Å². The van der Waals surface area contributed by atoms with Crippen molar-refractivity contribution in [3.8, 4) is 0 Å². The van der Waals surface area contributed by atoms with Crippen molar-refractivity contribution in [3.05, 3.63) is 29.8 Å². The number of thioether (sulfide) groups is 1. The van der Waals surface area contributed by atoms with Gasteiger partial charge in [0.05, 0.1) is 0 Å². The van der Waals surface area contributed by atoms with E-state index in [1.165, 1.54) is 81.2 Å². The minimum atomic E-state index is 0.666. The number of rotatable bonds is 11. The fraction of sp³-hybridized carbons (Fsp3) is 0.727. The van der Waals surface area contributed by atoms with Gasteiger partial charge in [-0.25, -0.2) is 0 Å². The molecule has 0 aromatic heterocycles. The number of hydrogen-bond acceptors (Lipinski definition) is 2. The quantitative estimate of drug-likeness (QED) is 0.364. The molecule has 0 saturated heterocycles. The van der Waals surface area contributed by atoms with E-state index < -0.39 is 0 Å². The lowest BCUT2D eigenvalue weighted by molar-refractivity contribution is 0.236. The van der Waals surface area contributed by atoms with E-state index in [0.29, 0.717) is 5.41 Å². The molecule has 0 amide bonds. The maximum atomic E-state index is 3.86. The highest BCUT2D eigenvalue weighted by atomic mass is 32.2. The van der Waals surface area contributed by atoms with Gasteiger partial charge in [0.25, 0.3) is 0 Å². The number of unbranched alkanes of at least 4 members (excludes halogenated alkanes) is 1. The maximum Gasteiger partial charge on any atom is 0.00725 e. The van der Waals surface area contributed by atoms with Gasteiger partial charge in [0, 0.05) is 10.9 Å². The predicted molar refractivity (Wildman–Crippen MR) is 109 cm³/mol. The number of nitrogens with one attached hydrogen (secondary N) is 1. The first-order chi connectivity index (χ1) is 11.7. The topological polar surface area (TPSA) is 12.0 Å². The number of aryl methyl sites for hydroxylation is 1. The Morgan fingerprint density at radius 3 is 2.67 bits per heavy atom. The van der Waals surface area contributed by atoms with Gasteiger partial charge in [-0.1, -0.05) is 38.8 Å². The molecule has 0 radical (unpaired) electrons. The van der Waals surface area contributed by atoms with Gasteiger partial charge >= 0.3 is 0 Å². The molecule has 2 rings (SSSR count). The lowest BCUT2D eigenvalue weighted by atomic mass is 9.77. The summed E-state index contributed by atoms with van der Waals surface area (Å²) in [5.74, 6) is 0. The van der Waals surface area contributed by atoms with Gasteiger partial charge in [-0.15, -0.1) is 11.8 Å². The van der Waals surface area contributed by atoms with Crippen molar-refractivity contribution in [2.45, 2.75) is 89.0 Å². The second kappa shape index (κ2) is 10.5. The van der Waals surface area contributed by atoms with Crippen LogP contribution in [-0.4, -0.2) is 18.8 Å². The van der Waals surface area contributed by atoms with Crippen molar-refractivity contribution in [1.82, 2.24) is 5.32 Å². The van der Waals surface area contributed by atoms with Crippen molar-refractivity contribution in [1.29, 1.82) is 0 Å². The van der Waals surface area contributed by atoms with Crippen molar-refractivity contribution >= 4 is 11.8 Å². The first kappa shape index (κ1) is 19.8. The highest BCUT2D eigenvalue weighted by molar-refractivity contribution is 7.98. The van der Waals surface area contributed by atoms with Crippen LogP contribution in [0.5, 0.6) is 0 Å². The number of benzene rings is 1. The lowest BCUT2D eigenvalue weighted by Crippen LogP contribution is -2.29. The molecule has 1 aromatic rings. The fourth-order valence-corrected chi connectivity index (χ4v) is 5.09. The van der Waals surface area contributed by atoms with Crippen LogP contribution in [0.15, 0.2) is 29.2 Å². The molecule has 1 atom stereocenters. The summed E-state index contributed by atoms with van der Waals surface area (Å²) < 4.78 is 0. The van der Waals surface area contributed by atoms with Gasteiger partial charge < -0.3 is 5.32 Å². The van der Waals surface area contributed by atoms with Crippen molar-refractivity contribution in [2.75, 3.05) is 12.8 Å². The molecule has 136 valence electrons. The summed E-state index contributed by atoms with van der Waals surface area (Å²) in [7, 11) is 0. The monoisotopic (exact) mass is 347 g/mol. The van der Waals surface area contributed by atoms with E-state index in [9.17, 15) is 0 Å². The first-order valence-electron chi connectivity index (χ1n) is 10.1. The standard InChI is InChI=1S/C22H37NS/c1-4-13-22(14-5-2)15-12-20(18-22)23-16-7-6-9-19-10-8-11-21(17-19)24-3/h8,10-11,17,20,23H,4-7,9,12-16,18H2,1-3H3. The van der Waals surface area contributed by atoms with Gasteiger partial charge in [0.2, 0.25) is 0 Å². The highest BCUT2D eigenvalue weighted by Gasteiger charge is 2.36. The summed E-state index contributed by atoms with van der Waals surface area (Å²) in [5.41, 5.74) is 2.16. The highest BCUT2D eigenvalue weighted by Crippen LogP contribution is 2.45. The molecule has 0 spiro atoms. The zero-order chi connectivity index (χ0) is 17.3. The molecular formula is C22H37NS. The fourth-order valence-electron chi connectivity index (χ4n) is 4.61. The third-order valence-electron chi connectivity index (χ3n) is 5.72. The minimum Gasteiger partial charge on any atom is -0.314 e. The Hall–Kier alpha value is -0.470. The molecule has 1 saturated carbocycles. The van der Waals surface area contributed by atoms with Gasteiger partial charge in [0.1, 0.15) is 0 Å². The summed E-state index contributed by atoms with van der Waals surface area (Å²) in [5, 5.41) is 3.86. The van der Waals surface area contributed by atoms with Gasteiger partial charge in [-0.2, -0.15) is 0 Å². The maximum absolute atomic E-state index is 3.86. The second-order valence-corrected chi connectivity index (χ2v) is 8.58. The molecule has 2 heteroatoms.